The molecule has 0 atom stereocenters. The molecule has 0 aromatic heterocycles. The molecule has 2 aliphatic rings. The van der Waals surface area contributed by atoms with Crippen LogP contribution in [-0.2, 0) is 0 Å². The number of carbonyl (C=O) groups is 1. The summed E-state index contributed by atoms with van der Waals surface area (Å²) in [5.74, 6) is 0. The molecule has 16 heavy (non-hydrogen) atoms. The number of amides is 2. The van der Waals surface area contributed by atoms with Gasteiger partial charge in [0.25, 0.3) is 0 Å². The summed E-state index contributed by atoms with van der Waals surface area (Å²) in [5, 5.41) is 0. The van der Waals surface area contributed by atoms with Gasteiger partial charge in [0.1, 0.15) is 0 Å². The van der Waals surface area contributed by atoms with Crippen LogP contribution in [0.3, 0.4) is 0 Å². The van der Waals surface area contributed by atoms with Crippen LogP contribution in [0.2, 0.25) is 0 Å². The van der Waals surface area contributed by atoms with Crippen LogP contribution in [0.4, 0.5) is 4.79 Å². The average Bonchev–Trinajstić information content (AvgIpc) is 2.96. The number of carbonyl (C=O) groups excluding carboxylic acids is 1. The average molecular weight is 225 g/mol. The van der Waals surface area contributed by atoms with Gasteiger partial charge in [0, 0.05) is 32.2 Å². The SMILES string of the molecule is NCCN(C(=O)N1CCCC1)C1CCCC1. The lowest BCUT2D eigenvalue weighted by Gasteiger charge is -2.32. The molecule has 4 nitrogen and oxygen atoms in total. The van der Waals surface area contributed by atoms with E-state index in [0.29, 0.717) is 12.6 Å². The molecule has 0 aromatic rings. The van der Waals surface area contributed by atoms with E-state index >= 15 is 0 Å². The summed E-state index contributed by atoms with van der Waals surface area (Å²) in [6.45, 7) is 3.18. The maximum Gasteiger partial charge on any atom is 0.320 e. The van der Waals surface area contributed by atoms with Crippen LogP contribution in [0.5, 0.6) is 0 Å². The van der Waals surface area contributed by atoms with Gasteiger partial charge in [-0.2, -0.15) is 0 Å². The first-order valence-corrected chi connectivity index (χ1v) is 6.58. The summed E-state index contributed by atoms with van der Waals surface area (Å²) in [6, 6.07) is 0.687. The van der Waals surface area contributed by atoms with Crippen molar-refractivity contribution in [1.82, 2.24) is 9.80 Å². The Balaban J connectivity index is 1.96. The zero-order valence-corrected chi connectivity index (χ0v) is 10.0. The van der Waals surface area contributed by atoms with Crippen LogP contribution >= 0.6 is 0 Å². The summed E-state index contributed by atoms with van der Waals surface area (Å²) in [6.07, 6.45) is 7.18. The van der Waals surface area contributed by atoms with Crippen molar-refractivity contribution in [2.75, 3.05) is 26.2 Å². The number of likely N-dealkylation sites (tertiary alicyclic amines) is 1. The van der Waals surface area contributed by atoms with E-state index < -0.39 is 0 Å². The molecular weight excluding hydrogens is 202 g/mol. The van der Waals surface area contributed by atoms with Crippen molar-refractivity contribution >= 4 is 6.03 Å². The van der Waals surface area contributed by atoms with Crippen molar-refractivity contribution in [1.29, 1.82) is 0 Å². The van der Waals surface area contributed by atoms with Crippen molar-refractivity contribution in [3.63, 3.8) is 0 Å². The van der Waals surface area contributed by atoms with Gasteiger partial charge in [-0.25, -0.2) is 4.79 Å². The first-order chi connectivity index (χ1) is 7.83. The first kappa shape index (κ1) is 11.7. The second-order valence-corrected chi connectivity index (χ2v) is 4.90. The van der Waals surface area contributed by atoms with Gasteiger partial charge in [-0.15, -0.1) is 0 Å². The highest BCUT2D eigenvalue weighted by molar-refractivity contribution is 5.75. The molecule has 0 aromatic carbocycles. The van der Waals surface area contributed by atoms with Crippen LogP contribution in [0.15, 0.2) is 0 Å². The summed E-state index contributed by atoms with van der Waals surface area (Å²) in [7, 11) is 0. The van der Waals surface area contributed by atoms with Crippen LogP contribution in [-0.4, -0.2) is 48.1 Å². The second kappa shape index (κ2) is 5.53. The summed E-state index contributed by atoms with van der Waals surface area (Å²) in [5.41, 5.74) is 5.62. The molecule has 2 N–H and O–H groups in total. The summed E-state index contributed by atoms with van der Waals surface area (Å²) in [4.78, 5) is 16.3. The fraction of sp³-hybridized carbons (Fsp3) is 0.917. The van der Waals surface area contributed by atoms with Crippen LogP contribution in [0.1, 0.15) is 38.5 Å². The Labute approximate surface area is 97.8 Å². The molecular formula is C12H23N3O. The van der Waals surface area contributed by atoms with E-state index in [1.54, 1.807) is 0 Å². The molecule has 0 spiro atoms. The van der Waals surface area contributed by atoms with E-state index in [0.717, 1.165) is 32.5 Å². The molecule has 0 unspecified atom stereocenters. The standard InChI is InChI=1S/C12H23N3O/c13-7-10-15(11-5-1-2-6-11)12(16)14-8-3-4-9-14/h11H,1-10,13H2. The lowest BCUT2D eigenvalue weighted by atomic mass is 10.2. The number of nitrogens with two attached hydrogens (primary N) is 1. The molecule has 0 radical (unpaired) electrons. The third kappa shape index (κ3) is 2.48. The molecule has 1 heterocycles. The van der Waals surface area contributed by atoms with Crippen molar-refractivity contribution in [3.05, 3.63) is 0 Å². The Morgan fingerprint density at radius 1 is 1.19 bits per heavy atom. The van der Waals surface area contributed by atoms with E-state index in [1.807, 2.05) is 9.80 Å². The predicted octanol–water partition coefficient (Wildman–Crippen LogP) is 1.41. The van der Waals surface area contributed by atoms with Gasteiger partial charge in [0.05, 0.1) is 0 Å². The Hall–Kier alpha value is -0.770. The number of urea groups is 1. The van der Waals surface area contributed by atoms with E-state index in [1.165, 1.54) is 25.7 Å². The smallest absolute Gasteiger partial charge is 0.320 e. The monoisotopic (exact) mass is 225 g/mol. The molecule has 2 fully saturated rings. The molecule has 4 heteroatoms. The van der Waals surface area contributed by atoms with E-state index in [2.05, 4.69) is 0 Å². The minimum Gasteiger partial charge on any atom is -0.329 e. The topological polar surface area (TPSA) is 49.6 Å². The Bertz CT molecular complexity index is 232. The highest BCUT2D eigenvalue weighted by Crippen LogP contribution is 2.25. The van der Waals surface area contributed by atoms with Gasteiger partial charge in [0.15, 0.2) is 0 Å². The highest BCUT2D eigenvalue weighted by Gasteiger charge is 2.30. The zero-order valence-electron chi connectivity index (χ0n) is 10.0. The molecule has 2 amide bonds. The van der Waals surface area contributed by atoms with Crippen molar-refractivity contribution in [2.24, 2.45) is 5.73 Å². The van der Waals surface area contributed by atoms with Gasteiger partial charge >= 0.3 is 6.03 Å². The maximum atomic E-state index is 12.3. The molecule has 1 aliphatic carbocycles. The van der Waals surface area contributed by atoms with E-state index in [-0.39, 0.29) is 6.03 Å². The van der Waals surface area contributed by atoms with Crippen LogP contribution < -0.4 is 5.73 Å². The number of rotatable bonds is 3. The zero-order chi connectivity index (χ0) is 11.4. The lowest BCUT2D eigenvalue weighted by molar-refractivity contribution is 0.144. The number of nitrogens with zero attached hydrogens (tertiary/aromatic N) is 2. The minimum absolute atomic E-state index is 0.231. The molecule has 0 bridgehead atoms. The molecule has 1 aliphatic heterocycles. The normalized spacial score (nSPS) is 21.7. The lowest BCUT2D eigenvalue weighted by Crippen LogP contribution is -2.48. The minimum atomic E-state index is 0.231. The summed E-state index contributed by atoms with van der Waals surface area (Å²) >= 11 is 0. The van der Waals surface area contributed by atoms with Gasteiger partial charge < -0.3 is 15.5 Å². The van der Waals surface area contributed by atoms with Crippen LogP contribution in [0.25, 0.3) is 0 Å². The van der Waals surface area contributed by atoms with Gasteiger partial charge in [0.2, 0.25) is 0 Å². The van der Waals surface area contributed by atoms with Gasteiger partial charge in [-0.3, -0.25) is 0 Å². The van der Waals surface area contributed by atoms with E-state index in [4.69, 9.17) is 5.73 Å². The quantitative estimate of drug-likeness (QED) is 0.789. The number of hydrogen-bond acceptors (Lipinski definition) is 2. The Morgan fingerprint density at radius 3 is 2.38 bits per heavy atom. The first-order valence-electron chi connectivity index (χ1n) is 6.58. The largest absolute Gasteiger partial charge is 0.329 e. The number of hydrogen-bond donors (Lipinski definition) is 1. The van der Waals surface area contributed by atoms with Gasteiger partial charge in [-0.05, 0) is 25.7 Å². The third-order valence-corrected chi connectivity index (χ3v) is 3.76. The Kier molecular flexibility index (Phi) is 4.04. The van der Waals surface area contributed by atoms with E-state index in [9.17, 15) is 4.79 Å². The van der Waals surface area contributed by atoms with Crippen molar-refractivity contribution in [2.45, 2.75) is 44.6 Å². The molecule has 2 rings (SSSR count). The van der Waals surface area contributed by atoms with Crippen LogP contribution in [0, 0.1) is 0 Å². The fourth-order valence-electron chi connectivity index (χ4n) is 2.88. The maximum absolute atomic E-state index is 12.3. The third-order valence-electron chi connectivity index (χ3n) is 3.76. The summed E-state index contributed by atoms with van der Waals surface area (Å²) < 4.78 is 0. The Morgan fingerprint density at radius 2 is 1.81 bits per heavy atom. The molecule has 1 saturated carbocycles. The van der Waals surface area contributed by atoms with Crippen molar-refractivity contribution < 1.29 is 4.79 Å². The van der Waals surface area contributed by atoms with Gasteiger partial charge in [-0.1, -0.05) is 12.8 Å². The highest BCUT2D eigenvalue weighted by atomic mass is 16.2. The van der Waals surface area contributed by atoms with Crippen molar-refractivity contribution in [3.8, 4) is 0 Å². The fourth-order valence-corrected chi connectivity index (χ4v) is 2.88. The second-order valence-electron chi connectivity index (χ2n) is 4.90. The molecule has 92 valence electrons. The predicted molar refractivity (Wildman–Crippen MR) is 64.2 cm³/mol. The molecule has 1 saturated heterocycles.